The summed E-state index contributed by atoms with van der Waals surface area (Å²) in [5.41, 5.74) is 6.57. The number of fused-ring (bicyclic) bond motifs is 1. The van der Waals surface area contributed by atoms with Crippen LogP contribution in [0.15, 0.2) is 29.8 Å². The molecule has 0 heterocycles. The van der Waals surface area contributed by atoms with E-state index in [1.165, 1.54) is 22.0 Å². The fourth-order valence-electron chi connectivity index (χ4n) is 3.05. The average Bonchev–Trinajstić information content (AvgIpc) is 2.59. The monoisotopic (exact) mass is 326 g/mol. The van der Waals surface area contributed by atoms with Crippen molar-refractivity contribution in [2.75, 3.05) is 4.43 Å². The van der Waals surface area contributed by atoms with Crippen LogP contribution in [0.3, 0.4) is 0 Å². The summed E-state index contributed by atoms with van der Waals surface area (Å²) in [5.74, 6) is 0. The number of benzene rings is 1. The van der Waals surface area contributed by atoms with Gasteiger partial charge in [-0.2, -0.15) is 0 Å². The van der Waals surface area contributed by atoms with Gasteiger partial charge in [-0.25, -0.2) is 0 Å². The molecule has 0 nitrogen and oxygen atoms in total. The van der Waals surface area contributed by atoms with Crippen molar-refractivity contribution in [2.45, 2.75) is 39.0 Å². The van der Waals surface area contributed by atoms with Crippen LogP contribution in [0, 0.1) is 0 Å². The van der Waals surface area contributed by atoms with Crippen molar-refractivity contribution in [3.8, 4) is 0 Å². The predicted molar refractivity (Wildman–Crippen MR) is 80.2 cm³/mol. The molecule has 1 aliphatic carbocycles. The van der Waals surface area contributed by atoms with Crippen molar-refractivity contribution in [3.05, 3.63) is 41.0 Å². The lowest BCUT2D eigenvalue weighted by atomic mass is 9.80. The number of rotatable bonds is 3. The van der Waals surface area contributed by atoms with Gasteiger partial charge in [0.25, 0.3) is 0 Å². The first-order valence-corrected chi connectivity index (χ1v) is 7.60. The summed E-state index contributed by atoms with van der Waals surface area (Å²) in [4.78, 5) is 0. The lowest BCUT2D eigenvalue weighted by Crippen LogP contribution is -2.23. The molecule has 0 saturated carbocycles. The second-order valence-corrected chi connectivity index (χ2v) is 5.44. The van der Waals surface area contributed by atoms with E-state index in [4.69, 9.17) is 0 Å². The molecule has 0 bridgehead atoms. The molecule has 1 aromatic carbocycles. The highest BCUT2D eigenvalue weighted by molar-refractivity contribution is 14.1. The van der Waals surface area contributed by atoms with Crippen LogP contribution in [-0.4, -0.2) is 4.43 Å². The Bertz CT molecular complexity index is 431. The zero-order chi connectivity index (χ0) is 11.8. The zero-order valence-electron chi connectivity index (χ0n) is 10.3. The Morgan fingerprint density at radius 1 is 1.12 bits per heavy atom. The van der Waals surface area contributed by atoms with Crippen molar-refractivity contribution in [2.24, 2.45) is 0 Å². The molecule has 2 rings (SSSR count). The van der Waals surface area contributed by atoms with E-state index in [0.29, 0.717) is 0 Å². The number of alkyl halides is 1. The summed E-state index contributed by atoms with van der Waals surface area (Å²) in [6.07, 6.45) is 2.34. The third-order valence-electron chi connectivity index (χ3n) is 3.85. The van der Waals surface area contributed by atoms with E-state index in [1.54, 1.807) is 11.1 Å². The molecule has 0 amide bonds. The topological polar surface area (TPSA) is 0 Å². The van der Waals surface area contributed by atoms with Crippen molar-refractivity contribution >= 4 is 28.2 Å². The van der Waals surface area contributed by atoms with Crippen LogP contribution in [0.2, 0.25) is 0 Å². The number of allylic oxidation sites excluding steroid dienone is 2. The number of hydrogen-bond acceptors (Lipinski definition) is 0. The molecule has 0 aromatic heterocycles. The summed E-state index contributed by atoms with van der Waals surface area (Å²) in [6, 6.07) is 8.95. The van der Waals surface area contributed by atoms with Gasteiger partial charge in [0.05, 0.1) is 0 Å². The van der Waals surface area contributed by atoms with Gasteiger partial charge in [0.15, 0.2) is 0 Å². The van der Waals surface area contributed by atoms with Gasteiger partial charge in [-0.1, -0.05) is 73.2 Å². The molecule has 16 heavy (non-hydrogen) atoms. The smallest absolute Gasteiger partial charge is 0.0234 e. The van der Waals surface area contributed by atoms with Crippen LogP contribution in [0.4, 0.5) is 0 Å². The largest absolute Gasteiger partial charge is 0.0851 e. The van der Waals surface area contributed by atoms with Gasteiger partial charge in [-0.15, -0.1) is 0 Å². The van der Waals surface area contributed by atoms with E-state index in [-0.39, 0.29) is 5.41 Å². The SMILES string of the molecule is CCC1=C(CC)C(C)(CI)c2ccccc21. The third-order valence-corrected chi connectivity index (χ3v) is 5.38. The van der Waals surface area contributed by atoms with Crippen LogP contribution in [0.5, 0.6) is 0 Å². The first-order chi connectivity index (χ1) is 7.69. The van der Waals surface area contributed by atoms with Crippen molar-refractivity contribution in [1.82, 2.24) is 0 Å². The standard InChI is InChI=1S/C15H19I/c1-4-11-12-8-6-7-9-14(12)15(3,10-16)13(11)5-2/h6-9H,4-5,10H2,1-3H3. The van der Waals surface area contributed by atoms with Crippen LogP contribution in [0.25, 0.3) is 5.57 Å². The van der Waals surface area contributed by atoms with E-state index >= 15 is 0 Å². The molecule has 1 aromatic rings. The maximum absolute atomic E-state index is 2.53. The molecule has 0 spiro atoms. The quantitative estimate of drug-likeness (QED) is 0.544. The fraction of sp³-hybridized carbons (Fsp3) is 0.467. The van der Waals surface area contributed by atoms with E-state index in [1.807, 2.05) is 0 Å². The first-order valence-electron chi connectivity index (χ1n) is 6.07. The molecule has 1 atom stereocenters. The summed E-state index contributed by atoms with van der Waals surface area (Å²) in [7, 11) is 0. The Labute approximate surface area is 112 Å². The van der Waals surface area contributed by atoms with Crippen LogP contribution in [0.1, 0.15) is 44.7 Å². The van der Waals surface area contributed by atoms with Gasteiger partial charge in [0.1, 0.15) is 0 Å². The Morgan fingerprint density at radius 2 is 1.81 bits per heavy atom. The van der Waals surface area contributed by atoms with Gasteiger partial charge in [0, 0.05) is 9.84 Å². The summed E-state index contributed by atoms with van der Waals surface area (Å²) in [6.45, 7) is 6.97. The Hall–Kier alpha value is -0.310. The second kappa shape index (κ2) is 4.52. The molecule has 0 saturated heterocycles. The molecular formula is C15H19I. The van der Waals surface area contributed by atoms with E-state index < -0.39 is 0 Å². The van der Waals surface area contributed by atoms with Gasteiger partial charge in [-0.3, -0.25) is 0 Å². The molecule has 0 radical (unpaired) electrons. The second-order valence-electron chi connectivity index (χ2n) is 4.68. The maximum Gasteiger partial charge on any atom is 0.0234 e. The summed E-state index contributed by atoms with van der Waals surface area (Å²) < 4.78 is 1.18. The Kier molecular flexibility index (Phi) is 3.43. The van der Waals surface area contributed by atoms with E-state index in [9.17, 15) is 0 Å². The van der Waals surface area contributed by atoms with Crippen molar-refractivity contribution in [1.29, 1.82) is 0 Å². The predicted octanol–water partition coefficient (Wildman–Crippen LogP) is 4.97. The summed E-state index contributed by atoms with van der Waals surface area (Å²) in [5, 5.41) is 0. The first kappa shape index (κ1) is 12.2. The third kappa shape index (κ3) is 1.55. The molecular weight excluding hydrogens is 307 g/mol. The molecule has 1 heteroatoms. The lowest BCUT2D eigenvalue weighted by Gasteiger charge is -2.27. The zero-order valence-corrected chi connectivity index (χ0v) is 12.5. The highest BCUT2D eigenvalue weighted by atomic mass is 127. The Morgan fingerprint density at radius 3 is 2.38 bits per heavy atom. The van der Waals surface area contributed by atoms with Crippen LogP contribution in [-0.2, 0) is 5.41 Å². The maximum atomic E-state index is 2.53. The average molecular weight is 326 g/mol. The highest BCUT2D eigenvalue weighted by Gasteiger charge is 2.38. The van der Waals surface area contributed by atoms with Gasteiger partial charge < -0.3 is 0 Å². The highest BCUT2D eigenvalue weighted by Crippen LogP contribution is 2.49. The normalized spacial score (nSPS) is 23.8. The van der Waals surface area contributed by atoms with Crippen LogP contribution < -0.4 is 0 Å². The number of halogens is 1. The van der Waals surface area contributed by atoms with Gasteiger partial charge >= 0.3 is 0 Å². The molecule has 0 aliphatic heterocycles. The van der Waals surface area contributed by atoms with Crippen molar-refractivity contribution in [3.63, 3.8) is 0 Å². The molecule has 1 unspecified atom stereocenters. The molecule has 86 valence electrons. The minimum absolute atomic E-state index is 0.275. The minimum atomic E-state index is 0.275. The van der Waals surface area contributed by atoms with E-state index in [0.717, 1.165) is 6.42 Å². The van der Waals surface area contributed by atoms with Gasteiger partial charge in [-0.05, 0) is 29.5 Å². The molecule has 1 aliphatic rings. The van der Waals surface area contributed by atoms with E-state index in [2.05, 4.69) is 67.6 Å². The minimum Gasteiger partial charge on any atom is -0.0851 e. The number of hydrogen-bond donors (Lipinski definition) is 0. The lowest BCUT2D eigenvalue weighted by molar-refractivity contribution is 0.637. The van der Waals surface area contributed by atoms with Crippen LogP contribution >= 0.6 is 22.6 Å². The fourth-order valence-corrected chi connectivity index (χ4v) is 3.92. The van der Waals surface area contributed by atoms with Crippen molar-refractivity contribution < 1.29 is 0 Å². The Balaban J connectivity index is 2.68. The molecule has 0 fully saturated rings. The van der Waals surface area contributed by atoms with Gasteiger partial charge in [0.2, 0.25) is 0 Å². The summed E-state index contributed by atoms with van der Waals surface area (Å²) >= 11 is 2.53. The molecule has 0 N–H and O–H groups in total.